The Morgan fingerprint density at radius 2 is 1.64 bits per heavy atom. The van der Waals surface area contributed by atoms with E-state index in [4.69, 9.17) is 14.2 Å². The molecule has 1 aromatic carbocycles. The normalized spacial score (nSPS) is 23.3. The number of carbonyl (C=O) groups excluding carboxylic acids is 6. The molecule has 5 atom stereocenters. The number of hydrogen-bond donors (Lipinski definition) is 4. The van der Waals surface area contributed by atoms with Gasteiger partial charge in [-0.25, -0.2) is 22.8 Å². The number of rotatable bonds is 12. The van der Waals surface area contributed by atoms with Crippen LogP contribution in [0.2, 0.25) is 0 Å². The predicted octanol–water partition coefficient (Wildman–Crippen LogP) is 3.38. The lowest BCUT2D eigenvalue weighted by molar-refractivity contribution is -0.143. The van der Waals surface area contributed by atoms with Crippen LogP contribution in [0.1, 0.15) is 91.4 Å². The van der Waals surface area contributed by atoms with Gasteiger partial charge in [-0.15, -0.1) is 6.58 Å². The average Bonchev–Trinajstić information content (AvgIpc) is 3.95. The first-order chi connectivity index (χ1) is 24.5. The Labute approximate surface area is 310 Å². The standard InChI is InChI=1S/C36H51N5O11S/c1-10-21-18-36(21,31(45)40-53(48,49)23-15-16-23)39-28(42)26-17-22(51-32(46)37-25-14-12-11-13-24(25)30(44)50-20(2)3)19-41(26)29(43)27(34(4,5)6)38-33(47)52-35(7,8)9/h10-14,20-23,26-27H,1,15-19H2,2-9H3,(H,37,46)(H,38,47)(H,39,42)(H,40,45)/t21?,22-,26?,27-,36-/m1/s1. The Hall–Kier alpha value is -4.67. The first-order valence-corrected chi connectivity index (χ1v) is 19.1. The Morgan fingerprint density at radius 1 is 1.00 bits per heavy atom. The average molecular weight is 762 g/mol. The number of alkyl carbamates (subject to hydrolysis) is 1. The number of benzene rings is 1. The lowest BCUT2D eigenvalue weighted by Crippen LogP contribution is -2.60. The van der Waals surface area contributed by atoms with Crippen molar-refractivity contribution in [3.63, 3.8) is 0 Å². The molecule has 0 bridgehead atoms. The molecule has 2 saturated carbocycles. The summed E-state index contributed by atoms with van der Waals surface area (Å²) in [5.41, 5.74) is -3.24. The van der Waals surface area contributed by atoms with Crippen LogP contribution in [0.3, 0.4) is 0 Å². The van der Waals surface area contributed by atoms with Gasteiger partial charge in [0.15, 0.2) is 0 Å². The van der Waals surface area contributed by atoms with Gasteiger partial charge < -0.3 is 29.7 Å². The van der Waals surface area contributed by atoms with E-state index in [2.05, 4.69) is 27.3 Å². The molecule has 2 unspecified atom stereocenters. The molecule has 2 aliphatic carbocycles. The summed E-state index contributed by atoms with van der Waals surface area (Å²) in [4.78, 5) is 81.7. The second-order valence-electron chi connectivity index (χ2n) is 16.0. The third-order valence-electron chi connectivity index (χ3n) is 8.87. The molecule has 53 heavy (non-hydrogen) atoms. The second-order valence-corrected chi connectivity index (χ2v) is 18.0. The number of carbonyl (C=O) groups is 6. The summed E-state index contributed by atoms with van der Waals surface area (Å²) in [6.45, 7) is 16.9. The van der Waals surface area contributed by atoms with E-state index in [0.717, 1.165) is 4.90 Å². The van der Waals surface area contributed by atoms with Crippen molar-refractivity contribution in [1.82, 2.24) is 20.3 Å². The lowest BCUT2D eigenvalue weighted by Gasteiger charge is -2.36. The zero-order valence-electron chi connectivity index (χ0n) is 31.4. The maximum absolute atomic E-state index is 14.3. The maximum atomic E-state index is 14.3. The number of sulfonamides is 1. The monoisotopic (exact) mass is 761 g/mol. The van der Waals surface area contributed by atoms with Gasteiger partial charge in [0.2, 0.25) is 21.8 Å². The molecule has 1 aliphatic heterocycles. The van der Waals surface area contributed by atoms with E-state index in [1.165, 1.54) is 18.2 Å². The van der Waals surface area contributed by atoms with Crippen molar-refractivity contribution in [3.8, 4) is 0 Å². The Kier molecular flexibility index (Phi) is 11.9. The number of esters is 1. The zero-order valence-corrected chi connectivity index (χ0v) is 32.3. The van der Waals surface area contributed by atoms with Crippen LogP contribution in [-0.2, 0) is 38.6 Å². The fourth-order valence-electron chi connectivity index (χ4n) is 5.97. The minimum absolute atomic E-state index is 0.0702. The van der Waals surface area contributed by atoms with E-state index in [1.54, 1.807) is 67.5 Å². The van der Waals surface area contributed by atoms with E-state index < -0.39 is 97.9 Å². The van der Waals surface area contributed by atoms with Crippen molar-refractivity contribution < 1.29 is 51.4 Å². The minimum atomic E-state index is -3.95. The molecule has 0 radical (unpaired) electrons. The summed E-state index contributed by atoms with van der Waals surface area (Å²) in [7, 11) is -3.95. The van der Waals surface area contributed by atoms with Crippen LogP contribution in [0.25, 0.3) is 0 Å². The topological polar surface area (TPSA) is 216 Å². The van der Waals surface area contributed by atoms with Crippen LogP contribution < -0.4 is 20.7 Å². The van der Waals surface area contributed by atoms with Crippen LogP contribution in [0.5, 0.6) is 0 Å². The van der Waals surface area contributed by atoms with Gasteiger partial charge in [0, 0.05) is 12.3 Å². The summed E-state index contributed by atoms with van der Waals surface area (Å²) in [5.74, 6) is -3.68. The van der Waals surface area contributed by atoms with Gasteiger partial charge in [-0.3, -0.25) is 24.4 Å². The van der Waals surface area contributed by atoms with Crippen molar-refractivity contribution >= 4 is 51.6 Å². The molecule has 16 nitrogen and oxygen atoms in total. The smallest absolute Gasteiger partial charge is 0.411 e. The summed E-state index contributed by atoms with van der Waals surface area (Å²) < 4.78 is 43.7. The van der Waals surface area contributed by atoms with Crippen molar-refractivity contribution in [2.45, 2.75) is 122 Å². The highest BCUT2D eigenvalue weighted by Crippen LogP contribution is 2.45. The summed E-state index contributed by atoms with van der Waals surface area (Å²) in [6, 6.07) is 3.60. The van der Waals surface area contributed by atoms with Gasteiger partial charge in [-0.1, -0.05) is 39.0 Å². The third kappa shape index (κ3) is 10.3. The highest BCUT2D eigenvalue weighted by atomic mass is 32.2. The largest absolute Gasteiger partial charge is 0.459 e. The van der Waals surface area contributed by atoms with E-state index in [-0.39, 0.29) is 30.6 Å². The lowest BCUT2D eigenvalue weighted by atomic mass is 9.85. The molecule has 3 fully saturated rings. The van der Waals surface area contributed by atoms with Gasteiger partial charge in [0.25, 0.3) is 5.91 Å². The number of nitrogens with zero attached hydrogens (tertiary/aromatic N) is 1. The molecule has 1 aromatic rings. The highest BCUT2D eigenvalue weighted by Gasteiger charge is 2.62. The molecule has 292 valence electrons. The number of para-hydroxylation sites is 1. The Balaban J connectivity index is 1.60. The highest BCUT2D eigenvalue weighted by molar-refractivity contribution is 7.91. The molecular formula is C36H51N5O11S. The van der Waals surface area contributed by atoms with E-state index >= 15 is 0 Å². The van der Waals surface area contributed by atoms with Crippen molar-refractivity contribution in [2.24, 2.45) is 11.3 Å². The van der Waals surface area contributed by atoms with Crippen molar-refractivity contribution in [3.05, 3.63) is 42.5 Å². The van der Waals surface area contributed by atoms with Gasteiger partial charge in [0.05, 0.1) is 29.1 Å². The van der Waals surface area contributed by atoms with Crippen LogP contribution in [0.4, 0.5) is 15.3 Å². The minimum Gasteiger partial charge on any atom is -0.459 e. The number of anilines is 1. The van der Waals surface area contributed by atoms with E-state index in [1.807, 2.05) is 0 Å². The SMILES string of the molecule is C=CC1C[C@]1(NC(=O)C1C[C@@H](OC(=O)Nc2ccccc2C(=O)OC(C)C)CN1C(=O)[C@@H](NC(=O)OC(C)(C)C)C(C)(C)C)C(=O)NS(=O)(=O)C1CC1. The molecule has 1 saturated heterocycles. The molecule has 17 heteroatoms. The number of likely N-dealkylation sites (tertiary alicyclic amines) is 1. The number of amides is 5. The van der Waals surface area contributed by atoms with Gasteiger partial charge >= 0.3 is 18.2 Å². The molecule has 4 N–H and O–H groups in total. The van der Waals surface area contributed by atoms with Crippen LogP contribution in [0.15, 0.2) is 36.9 Å². The molecule has 0 aromatic heterocycles. The fourth-order valence-corrected chi connectivity index (χ4v) is 7.34. The van der Waals surface area contributed by atoms with E-state index in [9.17, 15) is 37.2 Å². The van der Waals surface area contributed by atoms with Gasteiger partial charge in [-0.05, 0) is 71.4 Å². The third-order valence-corrected chi connectivity index (χ3v) is 10.7. The fraction of sp³-hybridized carbons (Fsp3) is 0.611. The van der Waals surface area contributed by atoms with Gasteiger partial charge in [0.1, 0.15) is 29.3 Å². The number of hydrogen-bond acceptors (Lipinski definition) is 11. The number of nitrogens with one attached hydrogen (secondary N) is 4. The molecule has 4 rings (SSSR count). The second kappa shape index (κ2) is 15.4. The summed E-state index contributed by atoms with van der Waals surface area (Å²) in [5, 5.41) is 7.13. The van der Waals surface area contributed by atoms with Gasteiger partial charge in [-0.2, -0.15) is 0 Å². The molecule has 5 amide bonds. The number of ether oxygens (including phenoxy) is 3. The van der Waals surface area contributed by atoms with Crippen molar-refractivity contribution in [2.75, 3.05) is 11.9 Å². The molecule has 1 heterocycles. The van der Waals surface area contributed by atoms with Crippen LogP contribution in [-0.4, -0.2) is 96.4 Å². The maximum Gasteiger partial charge on any atom is 0.411 e. The van der Waals surface area contributed by atoms with Crippen LogP contribution >= 0.6 is 0 Å². The molecule has 0 spiro atoms. The quantitative estimate of drug-likeness (QED) is 0.138. The zero-order chi connectivity index (χ0) is 39.7. The van der Waals surface area contributed by atoms with Crippen molar-refractivity contribution in [1.29, 1.82) is 0 Å². The Morgan fingerprint density at radius 3 is 2.19 bits per heavy atom. The molecular weight excluding hydrogens is 710 g/mol. The predicted molar refractivity (Wildman–Crippen MR) is 193 cm³/mol. The summed E-state index contributed by atoms with van der Waals surface area (Å²) >= 11 is 0. The Bertz CT molecular complexity index is 1750. The van der Waals surface area contributed by atoms with E-state index in [0.29, 0.717) is 12.8 Å². The first-order valence-electron chi connectivity index (χ1n) is 17.6. The summed E-state index contributed by atoms with van der Waals surface area (Å²) in [6.07, 6.45) is -1.22. The first kappa shape index (κ1) is 41.1. The van der Waals surface area contributed by atoms with Crippen LogP contribution in [0, 0.1) is 11.3 Å². The molecule has 3 aliphatic rings.